The lowest BCUT2D eigenvalue weighted by atomic mass is 9.79. The molecule has 0 bridgehead atoms. The van der Waals surface area contributed by atoms with Gasteiger partial charge in [0.15, 0.2) is 0 Å². The molecule has 0 saturated carbocycles. The van der Waals surface area contributed by atoms with E-state index in [2.05, 4.69) is 19.2 Å². The minimum absolute atomic E-state index is 0. The molecule has 1 atom stereocenters. The van der Waals surface area contributed by atoms with Crippen LogP contribution in [-0.2, 0) is 16.0 Å². The van der Waals surface area contributed by atoms with Gasteiger partial charge in [0, 0.05) is 32.1 Å². The van der Waals surface area contributed by atoms with Crippen LogP contribution in [0.5, 0.6) is 0 Å². The molecule has 1 aliphatic heterocycles. The normalized spacial score (nSPS) is 19.3. The minimum Gasteiger partial charge on any atom is -0.355 e. The van der Waals surface area contributed by atoms with Gasteiger partial charge in [-0.05, 0) is 17.4 Å². The molecule has 3 N–H and O–H groups in total. The van der Waals surface area contributed by atoms with E-state index < -0.39 is 0 Å². The highest BCUT2D eigenvalue weighted by Crippen LogP contribution is 2.27. The smallest absolute Gasteiger partial charge is 0.224 e. The first-order valence-corrected chi connectivity index (χ1v) is 8.22. The Morgan fingerprint density at radius 3 is 2.58 bits per heavy atom. The van der Waals surface area contributed by atoms with Crippen LogP contribution in [-0.4, -0.2) is 42.4 Å². The number of rotatable bonds is 5. The first-order chi connectivity index (χ1) is 10.9. The van der Waals surface area contributed by atoms with E-state index in [0.717, 1.165) is 12.0 Å². The molecule has 1 saturated heterocycles. The second-order valence-electron chi connectivity index (χ2n) is 6.96. The Morgan fingerprint density at radius 1 is 1.29 bits per heavy atom. The summed E-state index contributed by atoms with van der Waals surface area (Å²) in [5.41, 5.74) is 7.02. The van der Waals surface area contributed by atoms with Crippen molar-refractivity contribution in [2.75, 3.05) is 19.6 Å². The van der Waals surface area contributed by atoms with Crippen molar-refractivity contribution < 1.29 is 9.59 Å². The lowest BCUT2D eigenvalue weighted by Gasteiger charge is -2.42. The SMILES string of the molecule is CC1(C)CN(C(=O)CCNC(=O)Cc2ccccc2)CCC1N.Cl. The van der Waals surface area contributed by atoms with E-state index in [4.69, 9.17) is 5.73 Å². The Kier molecular flexibility index (Phi) is 7.70. The maximum absolute atomic E-state index is 12.3. The Balaban J connectivity index is 0.00000288. The Hall–Kier alpha value is -1.59. The highest BCUT2D eigenvalue weighted by molar-refractivity contribution is 5.85. The molecule has 0 aromatic heterocycles. The summed E-state index contributed by atoms with van der Waals surface area (Å²) in [5, 5.41) is 2.82. The quantitative estimate of drug-likeness (QED) is 0.846. The van der Waals surface area contributed by atoms with E-state index in [9.17, 15) is 9.59 Å². The summed E-state index contributed by atoms with van der Waals surface area (Å²) < 4.78 is 0. The summed E-state index contributed by atoms with van der Waals surface area (Å²) in [6.45, 7) is 5.97. The highest BCUT2D eigenvalue weighted by atomic mass is 35.5. The average Bonchev–Trinajstić information content (AvgIpc) is 2.50. The molecule has 5 nitrogen and oxygen atoms in total. The largest absolute Gasteiger partial charge is 0.355 e. The van der Waals surface area contributed by atoms with Crippen LogP contribution in [0.15, 0.2) is 30.3 Å². The van der Waals surface area contributed by atoms with Crippen molar-refractivity contribution in [3.05, 3.63) is 35.9 Å². The highest BCUT2D eigenvalue weighted by Gasteiger charge is 2.34. The molecule has 0 radical (unpaired) electrons. The zero-order valence-corrected chi connectivity index (χ0v) is 15.3. The van der Waals surface area contributed by atoms with Crippen LogP contribution in [0.1, 0.15) is 32.3 Å². The predicted molar refractivity (Wildman–Crippen MR) is 98.0 cm³/mol. The number of halogens is 1. The molecule has 134 valence electrons. The van der Waals surface area contributed by atoms with Crippen LogP contribution >= 0.6 is 12.4 Å². The number of hydrogen-bond acceptors (Lipinski definition) is 3. The Bertz CT molecular complexity index is 548. The molecule has 1 unspecified atom stereocenters. The predicted octanol–water partition coefficient (Wildman–Crippen LogP) is 1.74. The summed E-state index contributed by atoms with van der Waals surface area (Å²) in [6.07, 6.45) is 1.52. The molecule has 6 heteroatoms. The van der Waals surface area contributed by atoms with Gasteiger partial charge < -0.3 is 16.0 Å². The van der Waals surface area contributed by atoms with Gasteiger partial charge in [0.05, 0.1) is 6.42 Å². The molecule has 0 spiro atoms. The molecule has 1 heterocycles. The van der Waals surface area contributed by atoms with E-state index in [1.54, 1.807) is 0 Å². The van der Waals surface area contributed by atoms with Gasteiger partial charge in [-0.15, -0.1) is 12.4 Å². The van der Waals surface area contributed by atoms with Gasteiger partial charge in [-0.2, -0.15) is 0 Å². The van der Waals surface area contributed by atoms with Crippen molar-refractivity contribution in [1.29, 1.82) is 0 Å². The van der Waals surface area contributed by atoms with E-state index in [-0.39, 0.29) is 35.7 Å². The molecule has 24 heavy (non-hydrogen) atoms. The van der Waals surface area contributed by atoms with Gasteiger partial charge in [0.1, 0.15) is 0 Å². The zero-order valence-electron chi connectivity index (χ0n) is 14.5. The van der Waals surface area contributed by atoms with Crippen LogP contribution in [0.3, 0.4) is 0 Å². The lowest BCUT2D eigenvalue weighted by Crippen LogP contribution is -2.54. The molecule has 1 aromatic carbocycles. The van der Waals surface area contributed by atoms with E-state index >= 15 is 0 Å². The van der Waals surface area contributed by atoms with Crippen LogP contribution in [0.4, 0.5) is 0 Å². The van der Waals surface area contributed by atoms with Gasteiger partial charge in [0.2, 0.25) is 11.8 Å². The summed E-state index contributed by atoms with van der Waals surface area (Å²) in [5.74, 6) is 0.0370. The van der Waals surface area contributed by atoms with Crippen molar-refractivity contribution in [1.82, 2.24) is 10.2 Å². The number of hydrogen-bond donors (Lipinski definition) is 2. The van der Waals surface area contributed by atoms with Gasteiger partial charge in [0.25, 0.3) is 0 Å². The van der Waals surface area contributed by atoms with Crippen molar-refractivity contribution in [2.45, 2.75) is 39.2 Å². The summed E-state index contributed by atoms with van der Waals surface area (Å²) in [7, 11) is 0. The topological polar surface area (TPSA) is 75.4 Å². The van der Waals surface area contributed by atoms with E-state index in [1.165, 1.54) is 0 Å². The molecular weight excluding hydrogens is 326 g/mol. The van der Waals surface area contributed by atoms with Crippen molar-refractivity contribution in [3.8, 4) is 0 Å². The number of benzene rings is 1. The van der Waals surface area contributed by atoms with Gasteiger partial charge in [-0.25, -0.2) is 0 Å². The number of nitrogens with zero attached hydrogens (tertiary/aromatic N) is 1. The summed E-state index contributed by atoms with van der Waals surface area (Å²) >= 11 is 0. The van der Waals surface area contributed by atoms with Crippen LogP contribution in [0.25, 0.3) is 0 Å². The van der Waals surface area contributed by atoms with Crippen molar-refractivity contribution in [2.24, 2.45) is 11.1 Å². The molecule has 2 amide bonds. The van der Waals surface area contributed by atoms with E-state index in [1.807, 2.05) is 35.2 Å². The minimum atomic E-state index is -0.0511. The van der Waals surface area contributed by atoms with Crippen LogP contribution in [0.2, 0.25) is 0 Å². The Morgan fingerprint density at radius 2 is 1.96 bits per heavy atom. The second kappa shape index (κ2) is 9.04. The van der Waals surface area contributed by atoms with Crippen molar-refractivity contribution in [3.63, 3.8) is 0 Å². The zero-order chi connectivity index (χ0) is 16.9. The number of likely N-dealkylation sites (tertiary alicyclic amines) is 1. The van der Waals surface area contributed by atoms with Gasteiger partial charge in [-0.1, -0.05) is 44.2 Å². The lowest BCUT2D eigenvalue weighted by molar-refractivity contribution is -0.134. The maximum atomic E-state index is 12.3. The molecule has 1 aromatic rings. The summed E-state index contributed by atoms with van der Waals surface area (Å²) in [6, 6.07) is 9.72. The second-order valence-corrected chi connectivity index (χ2v) is 6.96. The van der Waals surface area contributed by atoms with Gasteiger partial charge in [-0.3, -0.25) is 9.59 Å². The number of carbonyl (C=O) groups is 2. The third-order valence-electron chi connectivity index (χ3n) is 4.53. The average molecular weight is 354 g/mol. The third kappa shape index (κ3) is 5.80. The number of carbonyl (C=O) groups excluding carboxylic acids is 2. The molecule has 0 aliphatic carbocycles. The molecule has 1 fully saturated rings. The molecule has 2 rings (SSSR count). The number of piperidine rings is 1. The first kappa shape index (κ1) is 20.5. The third-order valence-corrected chi connectivity index (χ3v) is 4.53. The van der Waals surface area contributed by atoms with Gasteiger partial charge >= 0.3 is 0 Å². The fourth-order valence-corrected chi connectivity index (χ4v) is 2.90. The van der Waals surface area contributed by atoms with E-state index in [0.29, 0.717) is 32.5 Å². The van der Waals surface area contributed by atoms with Crippen LogP contribution < -0.4 is 11.1 Å². The van der Waals surface area contributed by atoms with Crippen LogP contribution in [0, 0.1) is 5.41 Å². The Labute approximate surface area is 150 Å². The monoisotopic (exact) mass is 353 g/mol. The maximum Gasteiger partial charge on any atom is 0.224 e. The number of nitrogens with one attached hydrogen (secondary N) is 1. The number of nitrogens with two attached hydrogens (primary N) is 1. The van der Waals surface area contributed by atoms with Crippen molar-refractivity contribution >= 4 is 24.2 Å². The molecular formula is C18H28ClN3O2. The standard InChI is InChI=1S/C18H27N3O2.ClH/c1-18(2)13-21(11-9-15(18)19)17(23)8-10-20-16(22)12-14-6-4-3-5-7-14;/h3-7,15H,8-13,19H2,1-2H3,(H,20,22);1H. The summed E-state index contributed by atoms with van der Waals surface area (Å²) in [4.78, 5) is 26.0. The fraction of sp³-hybridized carbons (Fsp3) is 0.556. The fourth-order valence-electron chi connectivity index (χ4n) is 2.90. The first-order valence-electron chi connectivity index (χ1n) is 8.22. The number of amides is 2. The molecule has 1 aliphatic rings.